The van der Waals surface area contributed by atoms with Crippen LogP contribution in [0, 0.1) is 6.92 Å². The SMILES string of the molecule is Cc1ccc(CN(C)C(=O)c2coc(COc3cccc4cnccc34)n2)cc1. The zero-order valence-corrected chi connectivity index (χ0v) is 16.3. The number of ether oxygens (including phenoxy) is 1. The van der Waals surface area contributed by atoms with Crippen LogP contribution in [0.25, 0.3) is 10.8 Å². The molecule has 2 aromatic carbocycles. The van der Waals surface area contributed by atoms with Gasteiger partial charge in [0.05, 0.1) is 0 Å². The molecule has 0 saturated heterocycles. The second-order valence-corrected chi connectivity index (χ2v) is 6.91. The maximum Gasteiger partial charge on any atom is 0.275 e. The van der Waals surface area contributed by atoms with Gasteiger partial charge in [-0.15, -0.1) is 0 Å². The summed E-state index contributed by atoms with van der Waals surface area (Å²) in [5.41, 5.74) is 2.51. The number of fused-ring (bicyclic) bond motifs is 1. The Labute approximate surface area is 168 Å². The highest BCUT2D eigenvalue weighted by molar-refractivity contribution is 5.91. The summed E-state index contributed by atoms with van der Waals surface area (Å²) in [6.07, 6.45) is 4.88. The molecule has 0 aliphatic rings. The average molecular weight is 387 g/mol. The zero-order valence-electron chi connectivity index (χ0n) is 16.3. The van der Waals surface area contributed by atoms with Gasteiger partial charge >= 0.3 is 0 Å². The minimum absolute atomic E-state index is 0.135. The fourth-order valence-electron chi connectivity index (χ4n) is 3.07. The summed E-state index contributed by atoms with van der Waals surface area (Å²) in [5.74, 6) is 0.868. The molecule has 0 spiro atoms. The molecule has 0 fully saturated rings. The van der Waals surface area contributed by atoms with Gasteiger partial charge in [-0.05, 0) is 24.6 Å². The van der Waals surface area contributed by atoms with E-state index >= 15 is 0 Å². The molecule has 2 heterocycles. The highest BCUT2D eigenvalue weighted by Gasteiger charge is 2.17. The van der Waals surface area contributed by atoms with E-state index in [1.54, 1.807) is 24.3 Å². The van der Waals surface area contributed by atoms with Crippen LogP contribution in [0.15, 0.2) is 71.6 Å². The van der Waals surface area contributed by atoms with E-state index in [-0.39, 0.29) is 18.2 Å². The molecule has 0 aliphatic heterocycles. The Bertz CT molecular complexity index is 1130. The molecule has 6 heteroatoms. The summed E-state index contributed by atoms with van der Waals surface area (Å²) < 4.78 is 11.3. The van der Waals surface area contributed by atoms with E-state index in [4.69, 9.17) is 9.15 Å². The number of carbonyl (C=O) groups excluding carboxylic acids is 1. The highest BCUT2D eigenvalue weighted by Crippen LogP contribution is 2.25. The first-order valence-corrected chi connectivity index (χ1v) is 9.31. The highest BCUT2D eigenvalue weighted by atomic mass is 16.5. The number of carbonyl (C=O) groups is 1. The third-order valence-electron chi connectivity index (χ3n) is 4.65. The molecule has 0 saturated carbocycles. The fourth-order valence-corrected chi connectivity index (χ4v) is 3.07. The molecule has 4 aromatic rings. The maximum absolute atomic E-state index is 12.6. The first-order chi connectivity index (χ1) is 14.1. The van der Waals surface area contributed by atoms with Crippen LogP contribution in [0.5, 0.6) is 5.75 Å². The van der Waals surface area contributed by atoms with Crippen LogP contribution in [0.4, 0.5) is 0 Å². The number of aromatic nitrogens is 2. The van der Waals surface area contributed by atoms with Gasteiger partial charge in [0.15, 0.2) is 12.3 Å². The van der Waals surface area contributed by atoms with E-state index in [1.165, 1.54) is 11.8 Å². The number of hydrogen-bond donors (Lipinski definition) is 0. The van der Waals surface area contributed by atoms with Crippen LogP contribution in [-0.4, -0.2) is 27.8 Å². The van der Waals surface area contributed by atoms with E-state index < -0.39 is 0 Å². The van der Waals surface area contributed by atoms with Gasteiger partial charge in [0.25, 0.3) is 5.91 Å². The Morgan fingerprint density at radius 2 is 1.97 bits per heavy atom. The Morgan fingerprint density at radius 3 is 2.79 bits per heavy atom. The van der Waals surface area contributed by atoms with Crippen LogP contribution in [0.2, 0.25) is 0 Å². The van der Waals surface area contributed by atoms with Gasteiger partial charge in [-0.25, -0.2) is 4.98 Å². The van der Waals surface area contributed by atoms with E-state index in [0.717, 1.165) is 16.3 Å². The largest absolute Gasteiger partial charge is 0.483 e. The maximum atomic E-state index is 12.6. The standard InChI is InChI=1S/C23H21N3O3/c1-16-6-8-17(9-7-16)13-26(2)23(27)20-14-29-22(25-20)15-28-21-5-3-4-18-12-24-11-10-19(18)21/h3-12,14H,13,15H2,1-2H3. The van der Waals surface area contributed by atoms with E-state index in [1.807, 2.05) is 55.5 Å². The van der Waals surface area contributed by atoms with Crippen molar-refractivity contribution in [3.63, 3.8) is 0 Å². The van der Waals surface area contributed by atoms with Crippen LogP contribution >= 0.6 is 0 Å². The van der Waals surface area contributed by atoms with Crippen molar-refractivity contribution < 1.29 is 13.9 Å². The van der Waals surface area contributed by atoms with Gasteiger partial charge in [-0.2, -0.15) is 0 Å². The van der Waals surface area contributed by atoms with Gasteiger partial charge in [0.2, 0.25) is 5.89 Å². The molecule has 0 bridgehead atoms. The number of aryl methyl sites for hydroxylation is 1. The van der Waals surface area contributed by atoms with Crippen LogP contribution in [0.1, 0.15) is 27.5 Å². The van der Waals surface area contributed by atoms with Gasteiger partial charge in [0.1, 0.15) is 12.0 Å². The summed E-state index contributed by atoms with van der Waals surface area (Å²) in [6, 6.07) is 15.7. The molecule has 0 unspecified atom stereocenters. The van der Waals surface area contributed by atoms with Crippen molar-refractivity contribution in [3.05, 3.63) is 89.9 Å². The van der Waals surface area contributed by atoms with Crippen LogP contribution < -0.4 is 4.74 Å². The zero-order chi connectivity index (χ0) is 20.2. The van der Waals surface area contributed by atoms with Crippen LogP contribution in [0.3, 0.4) is 0 Å². The minimum atomic E-state index is -0.197. The second-order valence-electron chi connectivity index (χ2n) is 6.91. The number of pyridine rings is 1. The summed E-state index contributed by atoms with van der Waals surface area (Å²) in [4.78, 5) is 22.7. The summed E-state index contributed by atoms with van der Waals surface area (Å²) >= 11 is 0. The molecule has 2 aromatic heterocycles. The van der Waals surface area contributed by atoms with Gasteiger partial charge in [-0.1, -0.05) is 42.0 Å². The molecule has 0 aliphatic carbocycles. The van der Waals surface area contributed by atoms with Gasteiger partial charge < -0.3 is 14.1 Å². The van der Waals surface area contributed by atoms with Crippen molar-refractivity contribution in [2.75, 3.05) is 7.05 Å². The first kappa shape index (κ1) is 18.7. The lowest BCUT2D eigenvalue weighted by molar-refractivity contribution is 0.0779. The number of amides is 1. The van der Waals surface area contributed by atoms with Crippen LogP contribution in [-0.2, 0) is 13.2 Å². The Morgan fingerprint density at radius 1 is 1.14 bits per heavy atom. The number of rotatable bonds is 6. The van der Waals surface area contributed by atoms with Crippen molar-refractivity contribution in [1.29, 1.82) is 0 Å². The van der Waals surface area contributed by atoms with E-state index in [0.29, 0.717) is 18.2 Å². The molecule has 4 rings (SSSR count). The fraction of sp³-hybridized carbons (Fsp3) is 0.174. The van der Waals surface area contributed by atoms with Crippen molar-refractivity contribution in [3.8, 4) is 5.75 Å². The van der Waals surface area contributed by atoms with Crippen molar-refractivity contribution in [2.24, 2.45) is 0 Å². The predicted octanol–water partition coefficient (Wildman–Crippen LogP) is 4.38. The Balaban J connectivity index is 1.41. The molecular formula is C23H21N3O3. The summed E-state index contributed by atoms with van der Waals surface area (Å²) in [6.45, 7) is 2.67. The van der Waals surface area contributed by atoms with E-state index in [2.05, 4.69) is 9.97 Å². The minimum Gasteiger partial charge on any atom is -0.483 e. The molecule has 0 N–H and O–H groups in total. The molecule has 1 amide bonds. The molecular weight excluding hydrogens is 366 g/mol. The third-order valence-corrected chi connectivity index (χ3v) is 4.65. The lowest BCUT2D eigenvalue weighted by Gasteiger charge is -2.15. The quantitative estimate of drug-likeness (QED) is 0.491. The molecule has 29 heavy (non-hydrogen) atoms. The lowest BCUT2D eigenvalue weighted by atomic mass is 10.1. The molecule has 146 valence electrons. The van der Waals surface area contributed by atoms with Crippen molar-refractivity contribution in [1.82, 2.24) is 14.9 Å². The Hall–Kier alpha value is -3.67. The van der Waals surface area contributed by atoms with Crippen molar-refractivity contribution in [2.45, 2.75) is 20.1 Å². The van der Waals surface area contributed by atoms with Gasteiger partial charge in [-0.3, -0.25) is 9.78 Å². The van der Waals surface area contributed by atoms with Gasteiger partial charge in [0, 0.05) is 36.8 Å². The average Bonchev–Trinajstić information content (AvgIpc) is 3.22. The second kappa shape index (κ2) is 8.14. The number of oxazole rings is 1. The Kier molecular flexibility index (Phi) is 5.24. The topological polar surface area (TPSA) is 68.5 Å². The number of benzene rings is 2. The molecule has 0 radical (unpaired) electrons. The monoisotopic (exact) mass is 387 g/mol. The van der Waals surface area contributed by atoms with E-state index in [9.17, 15) is 4.79 Å². The smallest absolute Gasteiger partial charge is 0.275 e. The molecule has 6 nitrogen and oxygen atoms in total. The number of hydrogen-bond acceptors (Lipinski definition) is 5. The normalized spacial score (nSPS) is 10.8. The first-order valence-electron chi connectivity index (χ1n) is 9.31. The summed E-state index contributed by atoms with van der Waals surface area (Å²) in [5, 5.41) is 1.95. The van der Waals surface area contributed by atoms with Crippen molar-refractivity contribution >= 4 is 16.7 Å². The molecule has 0 atom stereocenters. The lowest BCUT2D eigenvalue weighted by Crippen LogP contribution is -2.26. The number of nitrogens with zero attached hydrogens (tertiary/aromatic N) is 3. The third kappa shape index (κ3) is 4.27. The summed E-state index contributed by atoms with van der Waals surface area (Å²) in [7, 11) is 1.75. The predicted molar refractivity (Wildman–Crippen MR) is 110 cm³/mol.